The molecule has 9 atom stereocenters. The molecule has 3 heteroatoms. The van der Waals surface area contributed by atoms with Crippen molar-refractivity contribution in [2.75, 3.05) is 7.11 Å². The van der Waals surface area contributed by atoms with Crippen LogP contribution in [0, 0.1) is 40.4 Å². The minimum absolute atomic E-state index is 0.0228. The topological polar surface area (TPSA) is 49.7 Å². The maximum Gasteiger partial charge on any atom is 0.0863 e. The second-order valence-corrected chi connectivity index (χ2v) is 12.1. The molecule has 9 unspecified atom stereocenters. The summed E-state index contributed by atoms with van der Waals surface area (Å²) in [6.45, 7) is 9.50. The van der Waals surface area contributed by atoms with Crippen molar-refractivity contribution >= 4 is 0 Å². The summed E-state index contributed by atoms with van der Waals surface area (Å²) in [7, 11) is 1.82. The van der Waals surface area contributed by atoms with Crippen molar-refractivity contribution in [1.82, 2.24) is 0 Å². The Morgan fingerprint density at radius 2 is 1.83 bits per heavy atom. The normalized spacial score (nSPS) is 45.3. The number of hydrogen-bond acceptors (Lipinski definition) is 3. The first-order valence-electron chi connectivity index (χ1n) is 12.8. The molecule has 4 rings (SSSR count). The number of allylic oxidation sites excluding steroid dienone is 1. The highest BCUT2D eigenvalue weighted by atomic mass is 16.5. The standard InChI is InChI=1S/C27H46O3/c1-17(2)6-11-24(29)25(30-5)23-10-9-21-20-8-7-18-16-19(28)12-14-26(18,3)22(20)13-15-27(21,23)4/h7,17,19-25,28-29H,6,8-16H2,1-5H3. The van der Waals surface area contributed by atoms with Gasteiger partial charge < -0.3 is 14.9 Å². The van der Waals surface area contributed by atoms with E-state index >= 15 is 0 Å². The lowest BCUT2D eigenvalue weighted by molar-refractivity contribution is -0.110. The highest BCUT2D eigenvalue weighted by Gasteiger charge is 2.60. The molecule has 30 heavy (non-hydrogen) atoms. The van der Waals surface area contributed by atoms with Gasteiger partial charge in [0.15, 0.2) is 0 Å². The van der Waals surface area contributed by atoms with E-state index in [0.717, 1.165) is 49.9 Å². The molecule has 0 aliphatic heterocycles. The quantitative estimate of drug-likeness (QED) is 0.541. The van der Waals surface area contributed by atoms with Crippen LogP contribution in [0.4, 0.5) is 0 Å². The van der Waals surface area contributed by atoms with Crippen molar-refractivity contribution in [3.8, 4) is 0 Å². The van der Waals surface area contributed by atoms with E-state index in [1.165, 1.54) is 32.1 Å². The zero-order valence-corrected chi connectivity index (χ0v) is 20.1. The number of methoxy groups -OCH3 is 1. The summed E-state index contributed by atoms with van der Waals surface area (Å²) in [6, 6.07) is 0. The van der Waals surface area contributed by atoms with Gasteiger partial charge in [-0.3, -0.25) is 0 Å². The molecule has 3 nitrogen and oxygen atoms in total. The first-order valence-corrected chi connectivity index (χ1v) is 12.8. The van der Waals surface area contributed by atoms with Gasteiger partial charge in [0, 0.05) is 7.11 Å². The molecule has 0 saturated heterocycles. The molecule has 2 N–H and O–H groups in total. The van der Waals surface area contributed by atoms with E-state index in [1.807, 2.05) is 7.11 Å². The van der Waals surface area contributed by atoms with E-state index in [9.17, 15) is 10.2 Å². The van der Waals surface area contributed by atoms with E-state index in [0.29, 0.717) is 17.3 Å². The Hall–Kier alpha value is -0.380. The molecule has 0 aromatic heterocycles. The van der Waals surface area contributed by atoms with Crippen LogP contribution in [0.25, 0.3) is 0 Å². The minimum atomic E-state index is -0.342. The van der Waals surface area contributed by atoms with Crippen LogP contribution in [0.2, 0.25) is 0 Å². The third kappa shape index (κ3) is 3.71. The van der Waals surface area contributed by atoms with Crippen LogP contribution in [0.15, 0.2) is 11.6 Å². The SMILES string of the molecule is COC(C(O)CCC(C)C)C1CCC2C3CC=C4CC(O)CCC4(C)C3CCC21C. The molecule has 0 spiro atoms. The van der Waals surface area contributed by atoms with Crippen LogP contribution < -0.4 is 0 Å². The molecular formula is C27H46O3. The average Bonchev–Trinajstić information content (AvgIpc) is 3.05. The lowest BCUT2D eigenvalue weighted by Crippen LogP contribution is -2.52. The molecule has 3 fully saturated rings. The van der Waals surface area contributed by atoms with E-state index in [1.54, 1.807) is 5.57 Å². The molecule has 0 aromatic carbocycles. The van der Waals surface area contributed by atoms with Gasteiger partial charge in [-0.05, 0) is 105 Å². The molecule has 0 aromatic rings. The van der Waals surface area contributed by atoms with Gasteiger partial charge >= 0.3 is 0 Å². The predicted molar refractivity (Wildman–Crippen MR) is 122 cm³/mol. The van der Waals surface area contributed by atoms with E-state index in [4.69, 9.17) is 4.74 Å². The fourth-order valence-corrected chi connectivity index (χ4v) is 8.48. The number of hydrogen-bond donors (Lipinski definition) is 2. The summed E-state index contributed by atoms with van der Waals surface area (Å²) in [5.41, 5.74) is 2.15. The molecular weight excluding hydrogens is 372 g/mol. The second kappa shape index (κ2) is 8.52. The smallest absolute Gasteiger partial charge is 0.0863 e. The lowest BCUT2D eigenvalue weighted by Gasteiger charge is -2.58. The van der Waals surface area contributed by atoms with Crippen LogP contribution in [0.1, 0.15) is 91.9 Å². The maximum absolute atomic E-state index is 11.0. The largest absolute Gasteiger partial charge is 0.393 e. The summed E-state index contributed by atoms with van der Waals surface area (Å²) in [4.78, 5) is 0. The Kier molecular flexibility index (Phi) is 6.48. The summed E-state index contributed by atoms with van der Waals surface area (Å²) in [6.07, 6.45) is 13.2. The molecule has 0 bridgehead atoms. The van der Waals surface area contributed by atoms with E-state index in [2.05, 4.69) is 33.8 Å². The number of rotatable bonds is 6. The van der Waals surface area contributed by atoms with Gasteiger partial charge in [0.25, 0.3) is 0 Å². The lowest BCUT2D eigenvalue weighted by atomic mass is 9.47. The molecule has 4 aliphatic carbocycles. The zero-order chi connectivity index (χ0) is 21.7. The minimum Gasteiger partial charge on any atom is -0.393 e. The van der Waals surface area contributed by atoms with E-state index < -0.39 is 0 Å². The fraction of sp³-hybridized carbons (Fsp3) is 0.926. The van der Waals surface area contributed by atoms with Crippen LogP contribution >= 0.6 is 0 Å². The number of fused-ring (bicyclic) bond motifs is 5. The molecule has 0 radical (unpaired) electrons. The van der Waals surface area contributed by atoms with Gasteiger partial charge in [0.05, 0.1) is 18.3 Å². The van der Waals surface area contributed by atoms with Crippen LogP contribution in [-0.2, 0) is 4.74 Å². The Bertz CT molecular complexity index is 642. The van der Waals surface area contributed by atoms with E-state index in [-0.39, 0.29) is 23.7 Å². The first kappa shape index (κ1) is 22.8. The monoisotopic (exact) mass is 418 g/mol. The third-order valence-electron chi connectivity index (χ3n) is 10.2. The van der Waals surface area contributed by atoms with Gasteiger partial charge in [0.2, 0.25) is 0 Å². The van der Waals surface area contributed by atoms with Crippen molar-refractivity contribution in [1.29, 1.82) is 0 Å². The van der Waals surface area contributed by atoms with Gasteiger partial charge in [0.1, 0.15) is 0 Å². The van der Waals surface area contributed by atoms with Crippen molar-refractivity contribution < 1.29 is 14.9 Å². The molecule has 172 valence electrons. The van der Waals surface area contributed by atoms with Gasteiger partial charge in [-0.15, -0.1) is 0 Å². The summed E-state index contributed by atoms with van der Waals surface area (Å²) in [5, 5.41) is 21.2. The van der Waals surface area contributed by atoms with Crippen molar-refractivity contribution in [3.05, 3.63) is 11.6 Å². The second-order valence-electron chi connectivity index (χ2n) is 12.1. The number of aliphatic hydroxyl groups is 2. The van der Waals surface area contributed by atoms with Crippen molar-refractivity contribution in [2.45, 2.75) is 110 Å². The van der Waals surface area contributed by atoms with Crippen LogP contribution in [0.5, 0.6) is 0 Å². The Balaban J connectivity index is 1.54. The number of ether oxygens (including phenoxy) is 1. The van der Waals surface area contributed by atoms with Gasteiger partial charge in [-0.25, -0.2) is 0 Å². The highest BCUT2D eigenvalue weighted by molar-refractivity contribution is 5.25. The molecule has 4 aliphatic rings. The summed E-state index contributed by atoms with van der Waals surface area (Å²) < 4.78 is 6.01. The number of aliphatic hydroxyl groups excluding tert-OH is 2. The average molecular weight is 419 g/mol. The zero-order valence-electron chi connectivity index (χ0n) is 20.1. The highest BCUT2D eigenvalue weighted by Crippen LogP contribution is 2.66. The Morgan fingerprint density at radius 3 is 2.53 bits per heavy atom. The summed E-state index contributed by atoms with van der Waals surface area (Å²) >= 11 is 0. The molecule has 0 amide bonds. The molecule has 3 saturated carbocycles. The fourth-order valence-electron chi connectivity index (χ4n) is 8.48. The third-order valence-corrected chi connectivity index (χ3v) is 10.2. The van der Waals surface area contributed by atoms with Gasteiger partial charge in [-0.1, -0.05) is 39.3 Å². The molecule has 0 heterocycles. The van der Waals surface area contributed by atoms with Gasteiger partial charge in [-0.2, -0.15) is 0 Å². The first-order chi connectivity index (χ1) is 14.2. The summed E-state index contributed by atoms with van der Waals surface area (Å²) in [5.74, 6) is 3.38. The predicted octanol–water partition coefficient (Wildman–Crippen LogP) is 5.74. The van der Waals surface area contributed by atoms with Crippen LogP contribution in [0.3, 0.4) is 0 Å². The van der Waals surface area contributed by atoms with Crippen LogP contribution in [-0.4, -0.2) is 35.6 Å². The Morgan fingerprint density at radius 1 is 1.07 bits per heavy atom. The Labute approximate surface area is 184 Å². The van der Waals surface area contributed by atoms with Crippen molar-refractivity contribution in [2.24, 2.45) is 40.4 Å². The maximum atomic E-state index is 11.0. The van der Waals surface area contributed by atoms with Crippen molar-refractivity contribution in [3.63, 3.8) is 0 Å².